The fraction of sp³-hybridized carbons (Fsp3) is 0.0909. The third-order valence-corrected chi connectivity index (χ3v) is 2.53. The zero-order chi connectivity index (χ0) is 9.10. The van der Waals surface area contributed by atoms with Gasteiger partial charge in [0.15, 0.2) is 0 Å². The predicted octanol–water partition coefficient (Wildman–Crippen LogP) is 2.11. The van der Waals surface area contributed by atoms with E-state index in [1.54, 1.807) is 7.11 Å². The quantitative estimate of drug-likeness (QED) is 0.706. The normalized spacial score (nSPS) is 10.8. The summed E-state index contributed by atoms with van der Waals surface area (Å²) >= 11 is 1.48. The van der Waals surface area contributed by atoms with Gasteiger partial charge in [-0.1, -0.05) is 0 Å². The molecule has 2 rings (SSSR count). The van der Waals surface area contributed by atoms with Crippen molar-refractivity contribution in [3.8, 4) is 0 Å². The first-order chi connectivity index (χ1) is 6.40. The second-order valence-electron chi connectivity index (χ2n) is 2.63. The van der Waals surface area contributed by atoms with Crippen molar-refractivity contribution >= 4 is 15.2 Å². The molecule has 71 valence electrons. The number of fused-ring (bicyclic) bond motifs is 1. The zero-order valence-corrected chi connectivity index (χ0v) is 8.19. The van der Waals surface area contributed by atoms with Crippen molar-refractivity contribution in [3.05, 3.63) is 42.5 Å². The van der Waals surface area contributed by atoms with Gasteiger partial charge < -0.3 is 0 Å². The molecule has 0 fully saturated rings. The van der Waals surface area contributed by atoms with Crippen molar-refractivity contribution in [2.24, 2.45) is 0 Å². The average molecular weight is 222 g/mol. The number of hydrogen-bond donors (Lipinski definition) is 0. The van der Waals surface area contributed by atoms with Crippen molar-refractivity contribution in [1.82, 2.24) is 0 Å². The maximum absolute atomic E-state index is 4.98. The van der Waals surface area contributed by atoms with Crippen LogP contribution in [0.3, 0.4) is 0 Å². The SMILES string of the molecule is C[O][Cu][c]1ccc2ccccc2c1. The van der Waals surface area contributed by atoms with Gasteiger partial charge in [0.05, 0.1) is 0 Å². The molecule has 1 nitrogen and oxygen atoms in total. The number of hydrogen-bond acceptors (Lipinski definition) is 1. The number of benzene rings is 2. The van der Waals surface area contributed by atoms with Gasteiger partial charge in [0.25, 0.3) is 0 Å². The van der Waals surface area contributed by atoms with Crippen LogP contribution < -0.4 is 4.46 Å². The van der Waals surface area contributed by atoms with E-state index in [1.807, 2.05) is 12.1 Å². The molecular weight excluding hydrogens is 212 g/mol. The molecule has 2 aromatic carbocycles. The van der Waals surface area contributed by atoms with Crippen LogP contribution in [0.5, 0.6) is 0 Å². The Morgan fingerprint density at radius 2 is 1.77 bits per heavy atom. The van der Waals surface area contributed by atoms with Crippen LogP contribution in [0.2, 0.25) is 0 Å². The first kappa shape index (κ1) is 8.76. The van der Waals surface area contributed by atoms with Crippen molar-refractivity contribution in [2.45, 2.75) is 0 Å². The van der Waals surface area contributed by atoms with Crippen LogP contribution >= 0.6 is 0 Å². The molecule has 0 unspecified atom stereocenters. The molecule has 0 aliphatic carbocycles. The van der Waals surface area contributed by atoms with Crippen molar-refractivity contribution < 1.29 is 19.1 Å². The topological polar surface area (TPSA) is 9.23 Å². The van der Waals surface area contributed by atoms with Gasteiger partial charge in [-0.3, -0.25) is 0 Å². The molecule has 0 aliphatic rings. The van der Waals surface area contributed by atoms with E-state index in [2.05, 4.69) is 30.3 Å². The average Bonchev–Trinajstić information content (AvgIpc) is 2.18. The van der Waals surface area contributed by atoms with Gasteiger partial charge >= 0.3 is 83.9 Å². The van der Waals surface area contributed by atoms with Gasteiger partial charge in [0, 0.05) is 0 Å². The van der Waals surface area contributed by atoms with Gasteiger partial charge in [-0.2, -0.15) is 0 Å². The van der Waals surface area contributed by atoms with Crippen LogP contribution in [0.1, 0.15) is 0 Å². The summed E-state index contributed by atoms with van der Waals surface area (Å²) in [7, 11) is 1.68. The second-order valence-corrected chi connectivity index (χ2v) is 3.75. The standard InChI is InChI=1S/C10H7.CH3O.Cu/c1-2-6-10-8-4-3-7-9(10)5-1;1-2;/h1-3,5-8H;1H3;/q;-1;+1. The van der Waals surface area contributed by atoms with Gasteiger partial charge in [0.2, 0.25) is 0 Å². The summed E-state index contributed by atoms with van der Waals surface area (Å²) in [6.45, 7) is 0. The fourth-order valence-electron chi connectivity index (χ4n) is 1.25. The van der Waals surface area contributed by atoms with Crippen LogP contribution in [0, 0.1) is 0 Å². The molecule has 0 saturated heterocycles. The van der Waals surface area contributed by atoms with E-state index in [4.69, 9.17) is 3.82 Å². The Morgan fingerprint density at radius 3 is 2.54 bits per heavy atom. The van der Waals surface area contributed by atoms with Crippen molar-refractivity contribution in [1.29, 1.82) is 0 Å². The summed E-state index contributed by atoms with van der Waals surface area (Å²) in [6, 6.07) is 14.6. The van der Waals surface area contributed by atoms with Gasteiger partial charge in [-0.05, 0) is 0 Å². The Morgan fingerprint density at radius 1 is 1.00 bits per heavy atom. The van der Waals surface area contributed by atoms with Crippen LogP contribution in [0.15, 0.2) is 42.5 Å². The van der Waals surface area contributed by atoms with E-state index < -0.39 is 0 Å². The summed E-state index contributed by atoms with van der Waals surface area (Å²) < 4.78 is 6.11. The van der Waals surface area contributed by atoms with Crippen molar-refractivity contribution in [3.63, 3.8) is 0 Å². The Kier molecular flexibility index (Phi) is 2.65. The van der Waals surface area contributed by atoms with Crippen molar-refractivity contribution in [2.75, 3.05) is 7.11 Å². The van der Waals surface area contributed by atoms with Gasteiger partial charge in [0.1, 0.15) is 0 Å². The zero-order valence-electron chi connectivity index (χ0n) is 7.25. The fourth-order valence-corrected chi connectivity index (χ4v) is 1.82. The first-order valence-corrected chi connectivity index (χ1v) is 4.85. The summed E-state index contributed by atoms with van der Waals surface area (Å²) in [5, 5.41) is 2.52. The Hall–Kier alpha value is -0.821. The molecular formula is C11H10CuO. The molecule has 0 aromatic heterocycles. The molecule has 13 heavy (non-hydrogen) atoms. The summed E-state index contributed by atoms with van der Waals surface area (Å²) in [5.41, 5.74) is 0. The van der Waals surface area contributed by atoms with E-state index >= 15 is 0 Å². The molecule has 2 heteroatoms. The van der Waals surface area contributed by atoms with Gasteiger partial charge in [-0.15, -0.1) is 0 Å². The molecule has 0 atom stereocenters. The van der Waals surface area contributed by atoms with E-state index in [0.717, 1.165) is 4.46 Å². The molecule has 0 heterocycles. The molecule has 0 radical (unpaired) electrons. The van der Waals surface area contributed by atoms with E-state index in [9.17, 15) is 0 Å². The third-order valence-electron chi connectivity index (χ3n) is 1.82. The molecule has 0 spiro atoms. The van der Waals surface area contributed by atoms with E-state index in [1.165, 1.54) is 26.1 Å². The molecule has 0 N–H and O–H groups in total. The molecule has 0 amide bonds. The summed E-state index contributed by atoms with van der Waals surface area (Å²) in [4.78, 5) is 0. The Balaban J connectivity index is 2.49. The van der Waals surface area contributed by atoms with Crippen LogP contribution in [-0.2, 0) is 19.1 Å². The van der Waals surface area contributed by atoms with Crippen LogP contribution in [0.25, 0.3) is 10.8 Å². The molecule has 0 saturated carbocycles. The first-order valence-electron chi connectivity index (χ1n) is 4.00. The maximum atomic E-state index is 4.98. The minimum absolute atomic E-state index is 1.13. The molecule has 2 aromatic rings. The third kappa shape index (κ3) is 1.91. The van der Waals surface area contributed by atoms with Gasteiger partial charge in [-0.25, -0.2) is 0 Å². The summed E-state index contributed by atoms with van der Waals surface area (Å²) in [6.07, 6.45) is 0. The molecule has 0 bridgehead atoms. The summed E-state index contributed by atoms with van der Waals surface area (Å²) in [5.74, 6) is 0. The predicted molar refractivity (Wildman–Crippen MR) is 50.6 cm³/mol. The Labute approximate surface area is 84.2 Å². The second kappa shape index (κ2) is 3.93. The number of rotatable bonds is 2. The van der Waals surface area contributed by atoms with E-state index in [-0.39, 0.29) is 0 Å². The Bertz CT molecular complexity index is 412. The minimum atomic E-state index is 1.13. The molecule has 0 aliphatic heterocycles. The monoisotopic (exact) mass is 221 g/mol. The van der Waals surface area contributed by atoms with Crippen LogP contribution in [0.4, 0.5) is 0 Å². The van der Waals surface area contributed by atoms with Crippen LogP contribution in [-0.4, -0.2) is 7.11 Å². The van der Waals surface area contributed by atoms with E-state index in [0.29, 0.717) is 0 Å².